The molecule has 27 heavy (non-hydrogen) atoms. The van der Waals surface area contributed by atoms with E-state index in [1.165, 1.54) is 0 Å². The fourth-order valence-electron chi connectivity index (χ4n) is 3.48. The Balaban J connectivity index is 2.30. The fraction of sp³-hybridized carbons (Fsp3) is 0.429. The van der Waals surface area contributed by atoms with Gasteiger partial charge in [-0.15, -0.1) is 0 Å². The average Bonchev–Trinajstić information content (AvgIpc) is 3.06. The molecule has 3 aromatic rings. The Bertz CT molecular complexity index is 962. The van der Waals surface area contributed by atoms with E-state index in [4.69, 9.17) is 4.98 Å². The Morgan fingerprint density at radius 2 is 2.00 bits per heavy atom. The van der Waals surface area contributed by atoms with Crippen molar-refractivity contribution in [1.82, 2.24) is 19.7 Å². The second-order valence-electron chi connectivity index (χ2n) is 6.86. The predicted octanol–water partition coefficient (Wildman–Crippen LogP) is 4.18. The van der Waals surface area contributed by atoms with Gasteiger partial charge >= 0.3 is 5.97 Å². The molecule has 6 heteroatoms. The normalized spacial score (nSPS) is 11.2. The first kappa shape index (κ1) is 19.0. The quantitative estimate of drug-likeness (QED) is 0.647. The van der Waals surface area contributed by atoms with Gasteiger partial charge in [0.2, 0.25) is 0 Å². The van der Waals surface area contributed by atoms with Crippen molar-refractivity contribution >= 4 is 17.0 Å². The molecule has 0 saturated heterocycles. The van der Waals surface area contributed by atoms with Gasteiger partial charge in [0.25, 0.3) is 0 Å². The largest absolute Gasteiger partial charge is 0.481 e. The van der Waals surface area contributed by atoms with Gasteiger partial charge in [0.15, 0.2) is 5.65 Å². The van der Waals surface area contributed by atoms with E-state index in [1.54, 1.807) is 0 Å². The molecule has 1 N–H and O–H groups in total. The van der Waals surface area contributed by atoms with Crippen LogP contribution in [-0.4, -0.2) is 30.8 Å². The summed E-state index contributed by atoms with van der Waals surface area (Å²) in [6.45, 7) is 6.95. The number of carbonyl (C=O) groups is 1. The van der Waals surface area contributed by atoms with E-state index in [-0.39, 0.29) is 6.42 Å². The van der Waals surface area contributed by atoms with Crippen LogP contribution in [-0.2, 0) is 24.2 Å². The van der Waals surface area contributed by atoms with Gasteiger partial charge in [-0.3, -0.25) is 9.78 Å². The first-order valence-electron chi connectivity index (χ1n) is 9.56. The van der Waals surface area contributed by atoms with Crippen molar-refractivity contribution in [2.45, 2.75) is 59.4 Å². The highest BCUT2D eigenvalue weighted by Crippen LogP contribution is 2.34. The molecule has 0 aliphatic heterocycles. The molecular formula is C21H26N4O2. The highest BCUT2D eigenvalue weighted by Gasteiger charge is 2.20. The molecule has 0 unspecified atom stereocenters. The third kappa shape index (κ3) is 3.99. The molecule has 6 nitrogen and oxygen atoms in total. The van der Waals surface area contributed by atoms with Crippen molar-refractivity contribution in [1.29, 1.82) is 0 Å². The number of fused-ring (bicyclic) bond motifs is 1. The molecule has 0 amide bonds. The summed E-state index contributed by atoms with van der Waals surface area (Å²) in [4.78, 5) is 20.5. The molecule has 0 aromatic carbocycles. The van der Waals surface area contributed by atoms with Crippen LogP contribution in [0, 0.1) is 6.92 Å². The summed E-state index contributed by atoms with van der Waals surface area (Å²) in [5.74, 6) is -0.797. The van der Waals surface area contributed by atoms with E-state index in [0.29, 0.717) is 6.42 Å². The lowest BCUT2D eigenvalue weighted by atomic mass is 9.92. The minimum Gasteiger partial charge on any atom is -0.481 e. The van der Waals surface area contributed by atoms with E-state index < -0.39 is 5.97 Å². The van der Waals surface area contributed by atoms with E-state index in [1.807, 2.05) is 37.1 Å². The first-order chi connectivity index (χ1) is 13.0. The second-order valence-corrected chi connectivity index (χ2v) is 6.86. The number of aryl methyl sites for hydroxylation is 3. The Labute approximate surface area is 159 Å². The summed E-state index contributed by atoms with van der Waals surface area (Å²) in [6.07, 6.45) is 8.97. The molecule has 3 rings (SSSR count). The van der Waals surface area contributed by atoms with Gasteiger partial charge in [-0.05, 0) is 50.3 Å². The zero-order chi connectivity index (χ0) is 19.4. The zero-order valence-corrected chi connectivity index (χ0v) is 16.2. The summed E-state index contributed by atoms with van der Waals surface area (Å²) in [5, 5.41) is 14.7. The van der Waals surface area contributed by atoms with Gasteiger partial charge < -0.3 is 5.11 Å². The Kier molecular flexibility index (Phi) is 5.84. The van der Waals surface area contributed by atoms with Crippen LogP contribution in [0.2, 0.25) is 0 Å². The van der Waals surface area contributed by atoms with Crippen molar-refractivity contribution in [3.8, 4) is 11.1 Å². The summed E-state index contributed by atoms with van der Waals surface area (Å²) in [5.41, 5.74) is 5.96. The van der Waals surface area contributed by atoms with Crippen LogP contribution in [0.5, 0.6) is 0 Å². The standard InChI is InChI=1S/C21H26N4O2/c1-4-6-7-18-16(8-9-19(26)27)20(15-10-14(3)11-22-12-15)17-13-23-25(5-2)21(17)24-18/h10-13H,4-9H2,1-3H3,(H,26,27). The summed E-state index contributed by atoms with van der Waals surface area (Å²) in [6, 6.07) is 2.10. The Morgan fingerprint density at radius 1 is 1.19 bits per heavy atom. The van der Waals surface area contributed by atoms with Crippen LogP contribution in [0.1, 0.15) is 49.9 Å². The van der Waals surface area contributed by atoms with Crippen LogP contribution < -0.4 is 0 Å². The van der Waals surface area contributed by atoms with Gasteiger partial charge in [0.05, 0.1) is 6.20 Å². The number of rotatable bonds is 8. The number of unbranched alkanes of at least 4 members (excludes halogenated alkanes) is 1. The minimum absolute atomic E-state index is 0.0838. The molecule has 0 bridgehead atoms. The molecule has 0 fully saturated rings. The number of carboxylic acid groups (broad SMARTS) is 1. The molecule has 3 heterocycles. The summed E-state index contributed by atoms with van der Waals surface area (Å²) >= 11 is 0. The molecule has 0 radical (unpaired) electrons. The van der Waals surface area contributed by atoms with E-state index in [9.17, 15) is 9.90 Å². The van der Waals surface area contributed by atoms with Crippen molar-refractivity contribution in [2.24, 2.45) is 0 Å². The maximum Gasteiger partial charge on any atom is 0.303 e. The van der Waals surface area contributed by atoms with Crippen LogP contribution in [0.15, 0.2) is 24.7 Å². The van der Waals surface area contributed by atoms with E-state index in [2.05, 4.69) is 23.1 Å². The van der Waals surface area contributed by atoms with Crippen LogP contribution >= 0.6 is 0 Å². The highest BCUT2D eigenvalue weighted by molar-refractivity contribution is 5.95. The number of carboxylic acids is 1. The number of hydrogen-bond donors (Lipinski definition) is 1. The topological polar surface area (TPSA) is 80.9 Å². The fourth-order valence-corrected chi connectivity index (χ4v) is 3.48. The van der Waals surface area contributed by atoms with Gasteiger partial charge in [0, 0.05) is 47.6 Å². The molecule has 142 valence electrons. The van der Waals surface area contributed by atoms with Crippen LogP contribution in [0.25, 0.3) is 22.2 Å². The maximum absolute atomic E-state index is 11.3. The highest BCUT2D eigenvalue weighted by atomic mass is 16.4. The van der Waals surface area contributed by atoms with Crippen molar-refractivity contribution < 1.29 is 9.90 Å². The predicted molar refractivity (Wildman–Crippen MR) is 106 cm³/mol. The lowest BCUT2D eigenvalue weighted by Crippen LogP contribution is -2.08. The number of pyridine rings is 2. The third-order valence-corrected chi connectivity index (χ3v) is 4.79. The van der Waals surface area contributed by atoms with E-state index >= 15 is 0 Å². The average molecular weight is 366 g/mol. The van der Waals surface area contributed by atoms with Gasteiger partial charge in [-0.25, -0.2) is 9.67 Å². The van der Waals surface area contributed by atoms with Crippen molar-refractivity contribution in [3.05, 3.63) is 41.5 Å². The molecule has 3 aromatic heterocycles. The monoisotopic (exact) mass is 366 g/mol. The molecule has 0 saturated carbocycles. The smallest absolute Gasteiger partial charge is 0.303 e. The van der Waals surface area contributed by atoms with Crippen LogP contribution in [0.3, 0.4) is 0 Å². The lowest BCUT2D eigenvalue weighted by molar-refractivity contribution is -0.136. The first-order valence-corrected chi connectivity index (χ1v) is 9.56. The molecular weight excluding hydrogens is 340 g/mol. The van der Waals surface area contributed by atoms with Gasteiger partial charge in [0.1, 0.15) is 0 Å². The molecule has 0 aliphatic rings. The van der Waals surface area contributed by atoms with Crippen LogP contribution in [0.4, 0.5) is 0 Å². The summed E-state index contributed by atoms with van der Waals surface area (Å²) in [7, 11) is 0. The maximum atomic E-state index is 11.3. The van der Waals surface area contributed by atoms with Gasteiger partial charge in [-0.1, -0.05) is 13.3 Å². The molecule has 0 atom stereocenters. The zero-order valence-electron chi connectivity index (χ0n) is 16.2. The number of hydrogen-bond acceptors (Lipinski definition) is 4. The van der Waals surface area contributed by atoms with Crippen molar-refractivity contribution in [3.63, 3.8) is 0 Å². The second kappa shape index (κ2) is 8.29. The Hall–Kier alpha value is -2.76. The molecule has 0 aliphatic carbocycles. The van der Waals surface area contributed by atoms with Gasteiger partial charge in [-0.2, -0.15) is 5.10 Å². The SMILES string of the molecule is CCCCc1nc2c(cnn2CC)c(-c2cncc(C)c2)c1CCC(=O)O. The van der Waals surface area contributed by atoms with E-state index in [0.717, 1.165) is 64.8 Å². The lowest BCUT2D eigenvalue weighted by Gasteiger charge is -2.16. The minimum atomic E-state index is -0.797. The molecule has 0 spiro atoms. The van der Waals surface area contributed by atoms with Crippen molar-refractivity contribution in [2.75, 3.05) is 0 Å². The number of aromatic nitrogens is 4. The number of aliphatic carboxylic acids is 1. The number of nitrogens with zero attached hydrogens (tertiary/aromatic N) is 4. The Morgan fingerprint density at radius 3 is 2.67 bits per heavy atom. The third-order valence-electron chi connectivity index (χ3n) is 4.79. The summed E-state index contributed by atoms with van der Waals surface area (Å²) < 4.78 is 1.90.